The number of nitrogens with one attached hydrogen (secondary N) is 2. The Morgan fingerprint density at radius 3 is 2.73 bits per heavy atom. The molecule has 2 N–H and O–H groups in total. The second kappa shape index (κ2) is 9.69. The fraction of sp³-hybridized carbons (Fsp3) is 0.458. The molecule has 160 valence electrons. The summed E-state index contributed by atoms with van der Waals surface area (Å²) in [6, 6.07) is 17.2. The van der Waals surface area contributed by atoms with Gasteiger partial charge in [0.2, 0.25) is 5.91 Å². The van der Waals surface area contributed by atoms with Crippen LogP contribution in [0.1, 0.15) is 30.0 Å². The number of likely N-dealkylation sites (N-methyl/N-ethyl adjacent to an activating group) is 1. The van der Waals surface area contributed by atoms with E-state index in [4.69, 9.17) is 0 Å². The molecule has 0 aliphatic carbocycles. The smallest absolute Gasteiger partial charge is 0.229 e. The maximum absolute atomic E-state index is 14.3. The summed E-state index contributed by atoms with van der Waals surface area (Å²) in [6.45, 7) is 3.01. The van der Waals surface area contributed by atoms with Gasteiger partial charge in [0.15, 0.2) is 0 Å². The molecule has 2 aliphatic rings. The first-order valence-electron chi connectivity index (χ1n) is 10.9. The number of benzene rings is 2. The Labute approximate surface area is 178 Å². The number of likely N-dealkylation sites (tertiary alicyclic amines) is 1. The van der Waals surface area contributed by atoms with Gasteiger partial charge in [0.25, 0.3) is 0 Å². The fourth-order valence-electron chi connectivity index (χ4n) is 4.63. The zero-order chi connectivity index (χ0) is 20.9. The van der Waals surface area contributed by atoms with Crippen LogP contribution in [0.25, 0.3) is 0 Å². The normalized spacial score (nSPS) is 24.4. The minimum absolute atomic E-state index is 0.113. The molecule has 2 aromatic carbocycles. The number of hydrogen-bond acceptors (Lipinski definition) is 4. The van der Waals surface area contributed by atoms with Crippen molar-refractivity contribution in [1.82, 2.24) is 20.7 Å². The first-order chi connectivity index (χ1) is 14.6. The third-order valence-electron chi connectivity index (χ3n) is 6.47. The van der Waals surface area contributed by atoms with Crippen molar-refractivity contribution in [2.75, 3.05) is 33.2 Å². The van der Waals surface area contributed by atoms with Gasteiger partial charge in [-0.05, 0) is 37.9 Å². The van der Waals surface area contributed by atoms with Gasteiger partial charge in [-0.2, -0.15) is 0 Å². The molecule has 2 fully saturated rings. The van der Waals surface area contributed by atoms with E-state index in [0.717, 1.165) is 38.9 Å². The van der Waals surface area contributed by atoms with Crippen molar-refractivity contribution < 1.29 is 9.18 Å². The summed E-state index contributed by atoms with van der Waals surface area (Å²) in [4.78, 5) is 17.7. The van der Waals surface area contributed by atoms with Crippen molar-refractivity contribution in [3.63, 3.8) is 0 Å². The lowest BCUT2D eigenvalue weighted by molar-refractivity contribution is -0.137. The van der Waals surface area contributed by atoms with Gasteiger partial charge >= 0.3 is 0 Å². The molecule has 0 radical (unpaired) electrons. The van der Waals surface area contributed by atoms with Gasteiger partial charge in [0.1, 0.15) is 5.82 Å². The molecule has 30 heavy (non-hydrogen) atoms. The van der Waals surface area contributed by atoms with Crippen LogP contribution in [0.3, 0.4) is 0 Å². The van der Waals surface area contributed by atoms with Crippen molar-refractivity contribution >= 4 is 5.91 Å². The second-order valence-corrected chi connectivity index (χ2v) is 8.43. The van der Waals surface area contributed by atoms with Gasteiger partial charge in [-0.1, -0.05) is 48.5 Å². The Morgan fingerprint density at radius 2 is 1.93 bits per heavy atom. The van der Waals surface area contributed by atoms with Gasteiger partial charge < -0.3 is 9.80 Å². The molecule has 2 saturated heterocycles. The number of rotatable bonds is 6. The Bertz CT molecular complexity index is 846. The van der Waals surface area contributed by atoms with Gasteiger partial charge in [0.05, 0.1) is 12.0 Å². The van der Waals surface area contributed by atoms with E-state index in [1.807, 2.05) is 17.0 Å². The van der Waals surface area contributed by atoms with Crippen molar-refractivity contribution in [2.24, 2.45) is 5.92 Å². The maximum atomic E-state index is 14.3. The van der Waals surface area contributed by atoms with Crippen LogP contribution in [-0.4, -0.2) is 55.0 Å². The number of carbonyl (C=O) groups excluding carboxylic acids is 1. The predicted octanol–water partition coefficient (Wildman–Crippen LogP) is 2.76. The SMILES string of the molecule is CN(CCc1ccccc1)C1CCCN(C(=O)C2CNNC2c2ccccc2F)C1. The van der Waals surface area contributed by atoms with E-state index in [2.05, 4.69) is 47.1 Å². The summed E-state index contributed by atoms with van der Waals surface area (Å²) in [5, 5.41) is 0. The molecular weight excluding hydrogens is 379 g/mol. The number of hydrogen-bond donors (Lipinski definition) is 2. The molecule has 1 amide bonds. The van der Waals surface area contributed by atoms with Crippen LogP contribution in [0, 0.1) is 11.7 Å². The molecular formula is C24H31FN4O. The topological polar surface area (TPSA) is 47.6 Å². The van der Waals surface area contributed by atoms with Gasteiger partial charge in [-0.3, -0.25) is 10.2 Å². The van der Waals surface area contributed by atoms with Crippen LogP contribution in [0.4, 0.5) is 4.39 Å². The molecule has 6 heteroatoms. The van der Waals surface area contributed by atoms with Crippen molar-refractivity contribution in [3.05, 3.63) is 71.5 Å². The van der Waals surface area contributed by atoms with Crippen molar-refractivity contribution in [3.8, 4) is 0 Å². The van der Waals surface area contributed by atoms with E-state index in [1.54, 1.807) is 12.1 Å². The average Bonchev–Trinajstić information content (AvgIpc) is 3.27. The number of nitrogens with zero attached hydrogens (tertiary/aromatic N) is 2. The molecule has 2 aliphatic heterocycles. The lowest BCUT2D eigenvalue weighted by Crippen LogP contribution is -2.51. The first kappa shape index (κ1) is 21.0. The van der Waals surface area contributed by atoms with E-state index in [0.29, 0.717) is 18.2 Å². The minimum Gasteiger partial charge on any atom is -0.341 e. The molecule has 0 bridgehead atoms. The van der Waals surface area contributed by atoms with E-state index in [1.165, 1.54) is 11.6 Å². The van der Waals surface area contributed by atoms with E-state index in [-0.39, 0.29) is 23.7 Å². The third-order valence-corrected chi connectivity index (χ3v) is 6.47. The highest BCUT2D eigenvalue weighted by Gasteiger charge is 2.39. The Balaban J connectivity index is 1.37. The summed E-state index contributed by atoms with van der Waals surface area (Å²) in [6.07, 6.45) is 3.12. The van der Waals surface area contributed by atoms with E-state index < -0.39 is 0 Å². The van der Waals surface area contributed by atoms with E-state index in [9.17, 15) is 9.18 Å². The molecule has 2 heterocycles. The first-order valence-corrected chi connectivity index (χ1v) is 10.9. The van der Waals surface area contributed by atoms with Crippen molar-refractivity contribution in [1.29, 1.82) is 0 Å². The standard InChI is InChI=1S/C24H31FN4O/c1-28(15-13-18-8-3-2-4-9-18)19-10-7-14-29(17-19)24(30)21-16-26-27-23(21)20-11-5-6-12-22(20)25/h2-6,8-9,11-12,19,21,23,26-27H,7,10,13-17H2,1H3. The number of carbonyl (C=O) groups is 1. The number of hydrazine groups is 1. The lowest BCUT2D eigenvalue weighted by atomic mass is 9.92. The van der Waals surface area contributed by atoms with Gasteiger partial charge in [0, 0.05) is 37.8 Å². The van der Waals surface area contributed by atoms with E-state index >= 15 is 0 Å². The van der Waals surface area contributed by atoms with Crippen LogP contribution in [0.15, 0.2) is 54.6 Å². The number of amides is 1. The minimum atomic E-state index is -0.338. The van der Waals surface area contributed by atoms with Crippen LogP contribution >= 0.6 is 0 Å². The summed E-state index contributed by atoms with van der Waals surface area (Å²) in [5.74, 6) is -0.453. The fourth-order valence-corrected chi connectivity index (χ4v) is 4.63. The highest BCUT2D eigenvalue weighted by molar-refractivity contribution is 5.80. The van der Waals surface area contributed by atoms with Gasteiger partial charge in [-0.15, -0.1) is 0 Å². The predicted molar refractivity (Wildman–Crippen MR) is 116 cm³/mol. The molecule has 2 aromatic rings. The summed E-state index contributed by atoms with van der Waals surface area (Å²) in [5.41, 5.74) is 8.06. The largest absolute Gasteiger partial charge is 0.341 e. The Hall–Kier alpha value is -2.28. The number of halogens is 1. The zero-order valence-electron chi connectivity index (χ0n) is 17.6. The zero-order valence-corrected chi connectivity index (χ0v) is 17.6. The maximum Gasteiger partial charge on any atom is 0.229 e. The Kier molecular flexibility index (Phi) is 6.77. The van der Waals surface area contributed by atoms with Crippen LogP contribution in [-0.2, 0) is 11.2 Å². The highest BCUT2D eigenvalue weighted by Crippen LogP contribution is 2.29. The van der Waals surface area contributed by atoms with Crippen LogP contribution < -0.4 is 10.9 Å². The molecule has 0 aromatic heterocycles. The molecule has 5 nitrogen and oxygen atoms in total. The van der Waals surface area contributed by atoms with Crippen molar-refractivity contribution in [2.45, 2.75) is 31.3 Å². The molecule has 0 spiro atoms. The van der Waals surface area contributed by atoms with Crippen LogP contribution in [0.5, 0.6) is 0 Å². The highest BCUT2D eigenvalue weighted by atomic mass is 19.1. The summed E-state index contributed by atoms with van der Waals surface area (Å²) < 4.78 is 14.3. The molecule has 4 rings (SSSR count). The summed E-state index contributed by atoms with van der Waals surface area (Å²) >= 11 is 0. The number of piperidine rings is 1. The average molecular weight is 411 g/mol. The molecule has 3 atom stereocenters. The molecule has 0 saturated carbocycles. The third kappa shape index (κ3) is 4.72. The monoisotopic (exact) mass is 410 g/mol. The quantitative estimate of drug-likeness (QED) is 0.769. The molecule has 3 unspecified atom stereocenters. The van der Waals surface area contributed by atoms with Crippen LogP contribution in [0.2, 0.25) is 0 Å². The second-order valence-electron chi connectivity index (χ2n) is 8.43. The van der Waals surface area contributed by atoms with Gasteiger partial charge in [-0.25, -0.2) is 9.82 Å². The lowest BCUT2D eigenvalue weighted by Gasteiger charge is -2.39. The Morgan fingerprint density at radius 1 is 1.17 bits per heavy atom. The summed E-state index contributed by atoms with van der Waals surface area (Å²) in [7, 11) is 2.16.